The molecule has 0 spiro atoms. The van der Waals surface area contributed by atoms with Gasteiger partial charge in [-0.1, -0.05) is 50.1 Å². The van der Waals surface area contributed by atoms with E-state index in [2.05, 4.69) is 12.2 Å². The second kappa shape index (κ2) is 9.55. The van der Waals surface area contributed by atoms with Crippen LogP contribution in [0.3, 0.4) is 0 Å². The van der Waals surface area contributed by atoms with Crippen molar-refractivity contribution < 1.29 is 13.2 Å². The summed E-state index contributed by atoms with van der Waals surface area (Å²) in [4.78, 5) is 11.5. The molecule has 4 nitrogen and oxygen atoms in total. The molecule has 0 aliphatic carbocycles. The zero-order valence-electron chi connectivity index (χ0n) is 12.7. The lowest BCUT2D eigenvalue weighted by Gasteiger charge is -2.06. The standard InChI is InChI=1S/C16H25NO3S/c1-2-3-5-11-16(18)17-12-8-13-21(19,20)14-15-9-6-4-7-10-15/h4,6-7,9-10H,2-3,5,8,11-14H2,1H3,(H,17,18). The molecule has 0 aliphatic heterocycles. The average molecular weight is 311 g/mol. The van der Waals surface area contributed by atoms with Crippen molar-refractivity contribution in [3.8, 4) is 0 Å². The number of unbranched alkanes of at least 4 members (excludes halogenated alkanes) is 2. The molecule has 0 radical (unpaired) electrons. The lowest BCUT2D eigenvalue weighted by atomic mass is 10.2. The Morgan fingerprint density at radius 2 is 1.81 bits per heavy atom. The van der Waals surface area contributed by atoms with Crippen molar-refractivity contribution >= 4 is 15.7 Å². The van der Waals surface area contributed by atoms with E-state index in [-0.39, 0.29) is 17.4 Å². The van der Waals surface area contributed by atoms with E-state index in [0.717, 1.165) is 24.8 Å². The van der Waals surface area contributed by atoms with Crippen molar-refractivity contribution in [3.05, 3.63) is 35.9 Å². The Balaban J connectivity index is 2.21. The van der Waals surface area contributed by atoms with Crippen LogP contribution >= 0.6 is 0 Å². The first-order valence-corrected chi connectivity index (χ1v) is 9.36. The number of amides is 1. The minimum atomic E-state index is -3.10. The number of carbonyl (C=O) groups is 1. The lowest BCUT2D eigenvalue weighted by molar-refractivity contribution is -0.121. The summed E-state index contributed by atoms with van der Waals surface area (Å²) in [7, 11) is -3.10. The van der Waals surface area contributed by atoms with Gasteiger partial charge in [0.05, 0.1) is 11.5 Å². The molecule has 0 aliphatic rings. The van der Waals surface area contributed by atoms with Gasteiger partial charge in [-0.15, -0.1) is 0 Å². The van der Waals surface area contributed by atoms with Gasteiger partial charge in [-0.05, 0) is 18.4 Å². The average Bonchev–Trinajstić information content (AvgIpc) is 2.44. The third-order valence-corrected chi connectivity index (χ3v) is 4.87. The molecule has 1 amide bonds. The summed E-state index contributed by atoms with van der Waals surface area (Å²) >= 11 is 0. The van der Waals surface area contributed by atoms with Gasteiger partial charge in [0, 0.05) is 13.0 Å². The fourth-order valence-corrected chi connectivity index (χ4v) is 3.47. The minimum Gasteiger partial charge on any atom is -0.356 e. The number of rotatable bonds is 10. The monoisotopic (exact) mass is 311 g/mol. The highest BCUT2D eigenvalue weighted by Gasteiger charge is 2.11. The molecular formula is C16H25NO3S. The Labute approximate surface area is 127 Å². The molecule has 5 heteroatoms. The summed E-state index contributed by atoms with van der Waals surface area (Å²) < 4.78 is 23.9. The third-order valence-electron chi connectivity index (χ3n) is 3.19. The van der Waals surface area contributed by atoms with Crippen molar-refractivity contribution in [2.24, 2.45) is 0 Å². The predicted molar refractivity (Wildman–Crippen MR) is 85.7 cm³/mol. The summed E-state index contributed by atoms with van der Waals surface area (Å²) in [5.74, 6) is 0.194. The summed E-state index contributed by atoms with van der Waals surface area (Å²) in [6.45, 7) is 2.52. The van der Waals surface area contributed by atoms with Crippen LogP contribution in [0.5, 0.6) is 0 Å². The first-order valence-electron chi connectivity index (χ1n) is 7.54. The van der Waals surface area contributed by atoms with E-state index in [0.29, 0.717) is 19.4 Å². The fourth-order valence-electron chi connectivity index (χ4n) is 2.04. The second-order valence-electron chi connectivity index (χ2n) is 5.24. The highest BCUT2D eigenvalue weighted by Crippen LogP contribution is 2.07. The number of hydrogen-bond acceptors (Lipinski definition) is 3. The molecule has 0 unspecified atom stereocenters. The Morgan fingerprint density at radius 3 is 2.48 bits per heavy atom. The Bertz CT molecular complexity index is 512. The molecule has 0 atom stereocenters. The topological polar surface area (TPSA) is 63.2 Å². The van der Waals surface area contributed by atoms with E-state index in [9.17, 15) is 13.2 Å². The highest BCUT2D eigenvalue weighted by molar-refractivity contribution is 7.90. The summed E-state index contributed by atoms with van der Waals surface area (Å²) in [6, 6.07) is 9.16. The molecule has 21 heavy (non-hydrogen) atoms. The molecular weight excluding hydrogens is 286 g/mol. The van der Waals surface area contributed by atoms with Gasteiger partial charge in [-0.3, -0.25) is 4.79 Å². The minimum absolute atomic E-state index is 0.0175. The van der Waals surface area contributed by atoms with Crippen molar-refractivity contribution in [3.63, 3.8) is 0 Å². The van der Waals surface area contributed by atoms with Crippen LogP contribution in [-0.2, 0) is 20.4 Å². The summed E-state index contributed by atoms with van der Waals surface area (Å²) in [6.07, 6.45) is 4.04. The number of sulfone groups is 1. The van der Waals surface area contributed by atoms with Gasteiger partial charge >= 0.3 is 0 Å². The Morgan fingerprint density at radius 1 is 1.10 bits per heavy atom. The van der Waals surface area contributed by atoms with E-state index in [1.165, 1.54) is 0 Å². The van der Waals surface area contributed by atoms with Crippen LogP contribution in [0.25, 0.3) is 0 Å². The molecule has 0 fully saturated rings. The van der Waals surface area contributed by atoms with Gasteiger partial charge < -0.3 is 5.32 Å². The zero-order chi connectivity index (χ0) is 15.6. The summed E-state index contributed by atoms with van der Waals surface area (Å²) in [5, 5.41) is 2.77. The molecule has 1 rings (SSSR count). The Kier molecular flexibility index (Phi) is 8.05. The molecule has 1 N–H and O–H groups in total. The largest absolute Gasteiger partial charge is 0.356 e. The molecule has 0 aromatic heterocycles. The molecule has 1 aromatic carbocycles. The van der Waals surface area contributed by atoms with Crippen molar-refractivity contribution in [2.45, 2.75) is 44.8 Å². The van der Waals surface area contributed by atoms with E-state index in [1.807, 2.05) is 30.3 Å². The van der Waals surface area contributed by atoms with Gasteiger partial charge in [-0.25, -0.2) is 8.42 Å². The first kappa shape index (κ1) is 17.7. The maximum Gasteiger partial charge on any atom is 0.219 e. The van der Waals surface area contributed by atoms with Crippen LogP contribution in [-0.4, -0.2) is 26.6 Å². The van der Waals surface area contributed by atoms with Crippen LogP contribution in [0.4, 0.5) is 0 Å². The van der Waals surface area contributed by atoms with Gasteiger partial charge in [-0.2, -0.15) is 0 Å². The van der Waals surface area contributed by atoms with Gasteiger partial charge in [0.25, 0.3) is 0 Å². The van der Waals surface area contributed by atoms with Crippen LogP contribution < -0.4 is 5.32 Å². The lowest BCUT2D eigenvalue weighted by Crippen LogP contribution is -2.25. The molecule has 1 aromatic rings. The maximum atomic E-state index is 11.9. The quantitative estimate of drug-likeness (QED) is 0.676. The van der Waals surface area contributed by atoms with E-state index < -0.39 is 9.84 Å². The predicted octanol–water partition coefficient (Wildman–Crippen LogP) is 2.69. The van der Waals surface area contributed by atoms with Crippen LogP contribution in [0, 0.1) is 0 Å². The highest BCUT2D eigenvalue weighted by atomic mass is 32.2. The maximum absolute atomic E-state index is 11.9. The number of nitrogens with one attached hydrogen (secondary N) is 1. The normalized spacial score (nSPS) is 11.3. The molecule has 0 heterocycles. The molecule has 118 valence electrons. The van der Waals surface area contributed by atoms with E-state index in [1.54, 1.807) is 0 Å². The Hall–Kier alpha value is -1.36. The molecule has 0 bridgehead atoms. The van der Waals surface area contributed by atoms with Crippen molar-refractivity contribution in [1.82, 2.24) is 5.32 Å². The SMILES string of the molecule is CCCCCC(=O)NCCCS(=O)(=O)Cc1ccccc1. The van der Waals surface area contributed by atoms with E-state index in [4.69, 9.17) is 0 Å². The van der Waals surface area contributed by atoms with Gasteiger partial charge in [0.1, 0.15) is 0 Å². The van der Waals surface area contributed by atoms with Crippen LogP contribution in [0.1, 0.15) is 44.6 Å². The molecule has 0 saturated carbocycles. The molecule has 0 saturated heterocycles. The van der Waals surface area contributed by atoms with Crippen LogP contribution in [0.2, 0.25) is 0 Å². The van der Waals surface area contributed by atoms with Crippen LogP contribution in [0.15, 0.2) is 30.3 Å². The van der Waals surface area contributed by atoms with Gasteiger partial charge in [0.15, 0.2) is 9.84 Å². The third kappa shape index (κ3) is 8.50. The fraction of sp³-hybridized carbons (Fsp3) is 0.562. The van der Waals surface area contributed by atoms with Gasteiger partial charge in [0.2, 0.25) is 5.91 Å². The first-order chi connectivity index (χ1) is 10.0. The van der Waals surface area contributed by atoms with Crippen molar-refractivity contribution in [1.29, 1.82) is 0 Å². The number of benzene rings is 1. The summed E-state index contributed by atoms with van der Waals surface area (Å²) in [5.41, 5.74) is 0.807. The zero-order valence-corrected chi connectivity index (χ0v) is 13.5. The number of hydrogen-bond donors (Lipinski definition) is 1. The van der Waals surface area contributed by atoms with Crippen molar-refractivity contribution in [2.75, 3.05) is 12.3 Å². The smallest absolute Gasteiger partial charge is 0.219 e. The number of carbonyl (C=O) groups excluding carboxylic acids is 1. The van der Waals surface area contributed by atoms with E-state index >= 15 is 0 Å². The second-order valence-corrected chi connectivity index (χ2v) is 7.42.